The molecule has 2 nitrogen and oxygen atoms in total. The van der Waals surface area contributed by atoms with E-state index in [1.165, 1.54) is 30.3 Å². The lowest BCUT2D eigenvalue weighted by atomic mass is 9.66. The van der Waals surface area contributed by atoms with Gasteiger partial charge in [0.1, 0.15) is 0 Å². The lowest BCUT2D eigenvalue weighted by Gasteiger charge is -2.49. The Morgan fingerprint density at radius 3 is 2.95 bits per heavy atom. The molecule has 0 spiro atoms. The normalized spacial score (nSPS) is 32.4. The van der Waals surface area contributed by atoms with E-state index in [0.29, 0.717) is 17.4 Å². The maximum absolute atomic E-state index is 3.83. The molecular formula is C18H24N2. The zero-order valence-electron chi connectivity index (χ0n) is 12.7. The Bertz CT molecular complexity index is 669. The molecule has 1 aromatic carbocycles. The highest BCUT2D eigenvalue weighted by atomic mass is 15.1. The summed E-state index contributed by atoms with van der Waals surface area (Å²) in [6, 6.07) is 9.49. The lowest BCUT2D eigenvalue weighted by Crippen LogP contribution is -2.49. The Labute approximate surface area is 121 Å². The van der Waals surface area contributed by atoms with E-state index in [-0.39, 0.29) is 0 Å². The molecule has 0 bridgehead atoms. The number of nitrogens with zero attached hydrogens (tertiary/aromatic N) is 1. The quantitative estimate of drug-likeness (QED) is 0.830. The fraction of sp³-hybridized carbons (Fsp3) is 0.556. The predicted molar refractivity (Wildman–Crippen MR) is 83.9 cm³/mol. The fourth-order valence-electron chi connectivity index (χ4n) is 4.49. The van der Waals surface area contributed by atoms with Crippen molar-refractivity contribution in [2.24, 2.45) is 11.3 Å². The molecule has 3 atom stereocenters. The second-order valence-electron chi connectivity index (χ2n) is 6.89. The van der Waals surface area contributed by atoms with Crippen LogP contribution in [0.25, 0.3) is 10.9 Å². The molecule has 0 saturated carbocycles. The van der Waals surface area contributed by atoms with Gasteiger partial charge in [0.2, 0.25) is 0 Å². The predicted octanol–water partition coefficient (Wildman–Crippen LogP) is 3.89. The first kappa shape index (κ1) is 12.5. The minimum Gasteiger partial charge on any atom is -0.342 e. The molecule has 2 aliphatic rings. The molecule has 0 radical (unpaired) electrons. The van der Waals surface area contributed by atoms with E-state index in [1.807, 2.05) is 0 Å². The largest absolute Gasteiger partial charge is 0.342 e. The number of rotatable bonds is 1. The zero-order valence-corrected chi connectivity index (χ0v) is 12.7. The van der Waals surface area contributed by atoms with E-state index in [2.05, 4.69) is 54.9 Å². The minimum atomic E-state index is 0.375. The summed E-state index contributed by atoms with van der Waals surface area (Å²) in [4.78, 5) is 0. The summed E-state index contributed by atoms with van der Waals surface area (Å²) in [6.45, 7) is 9.54. The van der Waals surface area contributed by atoms with Gasteiger partial charge in [0.15, 0.2) is 0 Å². The molecule has 0 amide bonds. The van der Waals surface area contributed by atoms with Gasteiger partial charge >= 0.3 is 0 Å². The Hall–Kier alpha value is -1.28. The van der Waals surface area contributed by atoms with Crippen LogP contribution < -0.4 is 5.32 Å². The first-order valence-corrected chi connectivity index (χ1v) is 8.00. The Morgan fingerprint density at radius 2 is 2.15 bits per heavy atom. The molecule has 4 rings (SSSR count). The van der Waals surface area contributed by atoms with Crippen LogP contribution in [0.1, 0.15) is 44.5 Å². The first-order chi connectivity index (χ1) is 9.66. The van der Waals surface area contributed by atoms with Gasteiger partial charge in [-0.3, -0.25) is 0 Å². The zero-order chi connectivity index (χ0) is 13.9. The molecule has 3 heterocycles. The van der Waals surface area contributed by atoms with Crippen LogP contribution in [0.2, 0.25) is 0 Å². The van der Waals surface area contributed by atoms with E-state index in [1.54, 1.807) is 11.3 Å². The highest BCUT2D eigenvalue weighted by Gasteiger charge is 2.46. The van der Waals surface area contributed by atoms with Gasteiger partial charge in [-0.25, -0.2) is 0 Å². The van der Waals surface area contributed by atoms with Crippen molar-refractivity contribution in [3.05, 3.63) is 35.5 Å². The van der Waals surface area contributed by atoms with E-state index >= 15 is 0 Å². The minimum absolute atomic E-state index is 0.375. The van der Waals surface area contributed by atoms with Gasteiger partial charge in [-0.1, -0.05) is 39.0 Å². The summed E-state index contributed by atoms with van der Waals surface area (Å²) in [6.07, 6.45) is 2.42. The van der Waals surface area contributed by atoms with Crippen molar-refractivity contribution in [2.75, 3.05) is 6.54 Å². The van der Waals surface area contributed by atoms with E-state index < -0.39 is 0 Å². The maximum atomic E-state index is 3.83. The van der Waals surface area contributed by atoms with Gasteiger partial charge in [-0.2, -0.15) is 0 Å². The van der Waals surface area contributed by atoms with Crippen molar-refractivity contribution in [3.8, 4) is 0 Å². The summed E-state index contributed by atoms with van der Waals surface area (Å²) in [5.74, 6) is 0.708. The number of aromatic nitrogens is 1. The highest BCUT2D eigenvalue weighted by Crippen LogP contribution is 2.51. The monoisotopic (exact) mass is 268 g/mol. The summed E-state index contributed by atoms with van der Waals surface area (Å²) in [5.41, 5.74) is 5.01. The molecule has 0 aliphatic carbocycles. The summed E-state index contributed by atoms with van der Waals surface area (Å²) in [7, 11) is 0. The second kappa shape index (κ2) is 4.11. The molecule has 2 aromatic rings. The Kier molecular flexibility index (Phi) is 2.56. The van der Waals surface area contributed by atoms with Crippen molar-refractivity contribution in [1.29, 1.82) is 0 Å². The van der Waals surface area contributed by atoms with Crippen LogP contribution in [0.3, 0.4) is 0 Å². The van der Waals surface area contributed by atoms with Gasteiger partial charge in [0.05, 0.1) is 6.04 Å². The van der Waals surface area contributed by atoms with Crippen LogP contribution >= 0.6 is 0 Å². The smallest absolute Gasteiger partial charge is 0.0535 e. The molecule has 1 unspecified atom stereocenters. The molecule has 20 heavy (non-hydrogen) atoms. The van der Waals surface area contributed by atoms with Crippen molar-refractivity contribution in [1.82, 2.24) is 9.88 Å². The molecule has 0 saturated heterocycles. The van der Waals surface area contributed by atoms with E-state index in [9.17, 15) is 0 Å². The van der Waals surface area contributed by atoms with Gasteiger partial charge in [-0.05, 0) is 42.3 Å². The topological polar surface area (TPSA) is 17.0 Å². The molecule has 106 valence electrons. The van der Waals surface area contributed by atoms with Crippen LogP contribution in [0, 0.1) is 11.3 Å². The van der Waals surface area contributed by atoms with Gasteiger partial charge < -0.3 is 9.88 Å². The van der Waals surface area contributed by atoms with Crippen LogP contribution in [0.4, 0.5) is 0 Å². The van der Waals surface area contributed by atoms with Crippen LogP contribution in [0.15, 0.2) is 24.3 Å². The third kappa shape index (κ3) is 1.38. The summed E-state index contributed by atoms with van der Waals surface area (Å²) >= 11 is 0. The third-order valence-corrected chi connectivity index (χ3v) is 6.12. The SMILES string of the molecule is CC[C@]1(C)C(C)Cn2c3c(c4ccccc42)CCN[C@H]31. The third-order valence-electron chi connectivity index (χ3n) is 6.12. The Balaban J connectivity index is 2.04. The number of benzene rings is 1. The van der Waals surface area contributed by atoms with Gasteiger partial charge in [0, 0.05) is 23.1 Å². The highest BCUT2D eigenvalue weighted by molar-refractivity contribution is 5.86. The fourth-order valence-corrected chi connectivity index (χ4v) is 4.49. The molecule has 2 heteroatoms. The average molecular weight is 268 g/mol. The number of hydrogen-bond acceptors (Lipinski definition) is 1. The molecule has 1 N–H and O–H groups in total. The van der Waals surface area contributed by atoms with E-state index in [4.69, 9.17) is 0 Å². The second-order valence-corrected chi connectivity index (χ2v) is 6.89. The van der Waals surface area contributed by atoms with Crippen LogP contribution in [-0.2, 0) is 13.0 Å². The van der Waals surface area contributed by atoms with Crippen molar-refractivity contribution in [2.45, 2.75) is 46.2 Å². The van der Waals surface area contributed by atoms with E-state index in [0.717, 1.165) is 6.54 Å². The maximum Gasteiger partial charge on any atom is 0.0535 e. The van der Waals surface area contributed by atoms with Crippen molar-refractivity contribution in [3.63, 3.8) is 0 Å². The number of fused-ring (bicyclic) bond motifs is 3. The standard InChI is InChI=1S/C18H24N2/c1-4-18(3)12(2)11-20-15-8-6-5-7-13(15)14-9-10-19-17(18)16(14)20/h5-8,12,17,19H,4,9-11H2,1-3H3/t12?,17-,18-/m1/s1. The number of hydrogen-bond donors (Lipinski definition) is 1. The van der Waals surface area contributed by atoms with Crippen molar-refractivity contribution < 1.29 is 0 Å². The molecule has 2 aliphatic heterocycles. The summed E-state index contributed by atoms with van der Waals surface area (Å²) in [5, 5.41) is 5.32. The van der Waals surface area contributed by atoms with Crippen LogP contribution in [-0.4, -0.2) is 11.1 Å². The first-order valence-electron chi connectivity index (χ1n) is 8.00. The van der Waals surface area contributed by atoms with Gasteiger partial charge in [0.25, 0.3) is 0 Å². The number of nitrogens with one attached hydrogen (secondary N) is 1. The van der Waals surface area contributed by atoms with Gasteiger partial charge in [-0.15, -0.1) is 0 Å². The Morgan fingerprint density at radius 1 is 1.35 bits per heavy atom. The van der Waals surface area contributed by atoms with Crippen LogP contribution in [0.5, 0.6) is 0 Å². The lowest BCUT2D eigenvalue weighted by molar-refractivity contribution is 0.0755. The summed E-state index contributed by atoms with van der Waals surface area (Å²) < 4.78 is 2.60. The number of para-hydroxylation sites is 1. The molecular weight excluding hydrogens is 244 g/mol. The molecule has 0 fully saturated rings. The average Bonchev–Trinajstić information content (AvgIpc) is 2.80. The molecule has 1 aromatic heterocycles. The van der Waals surface area contributed by atoms with Crippen molar-refractivity contribution >= 4 is 10.9 Å².